The number of hydrogen-bond acceptors (Lipinski definition) is 4. The van der Waals surface area contributed by atoms with Gasteiger partial charge in [-0.05, 0) is 48.5 Å². The van der Waals surface area contributed by atoms with E-state index in [0.717, 1.165) is 20.8 Å². The molecule has 0 saturated heterocycles. The van der Waals surface area contributed by atoms with Crippen LogP contribution in [-0.2, 0) is 6.54 Å². The molecule has 3 aromatic rings. The van der Waals surface area contributed by atoms with Crippen molar-refractivity contribution in [3.8, 4) is 0 Å². The molecule has 0 aliphatic carbocycles. The summed E-state index contributed by atoms with van der Waals surface area (Å²) in [5, 5.41) is 17.6. The maximum atomic E-state index is 10.7. The smallest absolute Gasteiger partial charge is 0.335 e. The maximum absolute atomic E-state index is 10.7. The van der Waals surface area contributed by atoms with Crippen molar-refractivity contribution in [2.45, 2.75) is 16.3 Å². The molecule has 162 valence electrons. The first kappa shape index (κ1) is 24.5. The summed E-state index contributed by atoms with van der Waals surface area (Å²) in [5.74, 6) is -1.89. The van der Waals surface area contributed by atoms with Crippen LogP contribution in [-0.4, -0.2) is 47.8 Å². The number of carboxylic acid groups (broad SMARTS) is 2. The van der Waals surface area contributed by atoms with E-state index in [1.54, 1.807) is 48.5 Å². The summed E-state index contributed by atoms with van der Waals surface area (Å²) >= 11 is 0. The minimum atomic E-state index is -0.946. The average Bonchev–Trinajstić information content (AvgIpc) is 2.73. The summed E-state index contributed by atoms with van der Waals surface area (Å²) in [6.45, 7) is 1.10. The van der Waals surface area contributed by atoms with Crippen LogP contribution >= 0.6 is 21.6 Å². The number of hydrogen-bond donors (Lipinski definition) is 2. The van der Waals surface area contributed by atoms with Crippen LogP contribution in [0.5, 0.6) is 0 Å². The second kappa shape index (κ2) is 11.6. The van der Waals surface area contributed by atoms with Crippen molar-refractivity contribution in [2.75, 3.05) is 21.1 Å². The Hall–Kier alpha value is -2.74. The lowest BCUT2D eigenvalue weighted by Gasteiger charge is -2.23. The maximum Gasteiger partial charge on any atom is 0.335 e. The first-order valence-electron chi connectivity index (χ1n) is 9.50. The second-order valence-electron chi connectivity index (χ2n) is 7.76. The highest BCUT2D eigenvalue weighted by Crippen LogP contribution is 2.37. The van der Waals surface area contributed by atoms with E-state index < -0.39 is 11.9 Å². The Morgan fingerprint density at radius 2 is 1.06 bits per heavy atom. The molecule has 0 aromatic heterocycles. The first-order chi connectivity index (χ1) is 14.6. The molecule has 0 saturated carbocycles. The topological polar surface area (TPSA) is 74.6 Å². The van der Waals surface area contributed by atoms with Gasteiger partial charge in [-0.25, -0.2) is 9.59 Å². The predicted molar refractivity (Wildman–Crippen MR) is 127 cm³/mol. The Morgan fingerprint density at radius 1 is 0.677 bits per heavy atom. The van der Waals surface area contributed by atoms with Gasteiger partial charge in [-0.1, -0.05) is 51.9 Å². The minimum absolute atomic E-state index is 0.255. The third-order valence-corrected chi connectivity index (χ3v) is 6.35. The summed E-state index contributed by atoms with van der Waals surface area (Å²) in [4.78, 5) is 23.3. The Kier molecular flexibility index (Phi) is 9.18. The Bertz CT molecular complexity index is 925. The van der Waals surface area contributed by atoms with Crippen LogP contribution in [0.4, 0.5) is 0 Å². The highest BCUT2D eigenvalue weighted by atomic mass is 33.1. The van der Waals surface area contributed by atoms with Crippen LogP contribution in [0.25, 0.3) is 0 Å². The second-order valence-corrected chi connectivity index (χ2v) is 10.0. The van der Waals surface area contributed by atoms with Gasteiger partial charge in [-0.3, -0.25) is 0 Å². The van der Waals surface area contributed by atoms with Gasteiger partial charge in [0.05, 0.1) is 32.3 Å². The molecule has 0 aliphatic heterocycles. The summed E-state index contributed by atoms with van der Waals surface area (Å²) < 4.78 is 0.990. The van der Waals surface area contributed by atoms with Crippen LogP contribution < -0.4 is 0 Å². The number of carbonyl (C=O) groups is 2. The molecule has 0 bridgehead atoms. The van der Waals surface area contributed by atoms with E-state index in [2.05, 4.69) is 51.5 Å². The highest BCUT2D eigenvalue weighted by molar-refractivity contribution is 8.76. The normalized spacial score (nSPS) is 10.7. The van der Waals surface area contributed by atoms with E-state index in [4.69, 9.17) is 10.2 Å². The summed E-state index contributed by atoms with van der Waals surface area (Å²) in [5.41, 5.74) is 1.91. The molecular formula is C24H26NO4S2+. The molecule has 2 N–H and O–H groups in total. The monoisotopic (exact) mass is 456 g/mol. The molecule has 0 radical (unpaired) electrons. The van der Waals surface area contributed by atoms with Gasteiger partial charge in [-0.15, -0.1) is 0 Å². The average molecular weight is 457 g/mol. The van der Waals surface area contributed by atoms with Crippen molar-refractivity contribution in [3.63, 3.8) is 0 Å². The molecule has 0 atom stereocenters. The lowest BCUT2D eigenvalue weighted by atomic mass is 10.2. The lowest BCUT2D eigenvalue weighted by Crippen LogP contribution is -2.33. The summed E-state index contributed by atoms with van der Waals surface area (Å²) in [7, 11) is 9.57. The van der Waals surface area contributed by atoms with Crippen LogP contribution in [0.15, 0.2) is 88.7 Å². The number of quaternary nitrogens is 1. The molecule has 5 nitrogen and oxygen atoms in total. The molecule has 0 spiro atoms. The Balaban J connectivity index is 0.000000262. The molecule has 0 heterocycles. The third kappa shape index (κ3) is 9.29. The summed E-state index contributed by atoms with van der Waals surface area (Å²) in [6, 6.07) is 23.8. The molecule has 0 aliphatic rings. The van der Waals surface area contributed by atoms with Crippen molar-refractivity contribution >= 4 is 33.5 Å². The molecule has 3 rings (SSSR count). The SMILES string of the molecule is C[N+](C)(C)Cc1ccccc1.O=C(O)c1ccc(SSc2ccc(C(=O)O)cc2)cc1. The van der Waals surface area contributed by atoms with Crippen molar-refractivity contribution in [1.82, 2.24) is 0 Å². The molecule has 3 aromatic carbocycles. The summed E-state index contributed by atoms with van der Waals surface area (Å²) in [6.07, 6.45) is 0. The van der Waals surface area contributed by atoms with Crippen molar-refractivity contribution in [3.05, 3.63) is 95.6 Å². The fourth-order valence-electron chi connectivity index (χ4n) is 2.53. The van der Waals surface area contributed by atoms with E-state index in [0.29, 0.717) is 0 Å². The molecule has 0 amide bonds. The zero-order valence-electron chi connectivity index (χ0n) is 17.7. The zero-order chi connectivity index (χ0) is 22.9. The number of aromatic carboxylic acids is 2. The molecule has 7 heteroatoms. The van der Waals surface area contributed by atoms with Crippen LogP contribution in [0.1, 0.15) is 26.3 Å². The Morgan fingerprint density at radius 3 is 1.39 bits per heavy atom. The van der Waals surface area contributed by atoms with E-state index in [9.17, 15) is 9.59 Å². The van der Waals surface area contributed by atoms with Gasteiger partial charge in [0.15, 0.2) is 0 Å². The van der Waals surface area contributed by atoms with Gasteiger partial charge >= 0.3 is 11.9 Å². The number of rotatable bonds is 7. The number of carboxylic acids is 2. The van der Waals surface area contributed by atoms with E-state index in [-0.39, 0.29) is 11.1 Å². The molecule has 0 unspecified atom stereocenters. The fourth-order valence-corrected chi connectivity index (χ4v) is 4.46. The standard InChI is InChI=1S/C14H10O4S2.C10H16N/c15-13(16)9-1-5-11(6-2-9)19-20-12-7-3-10(4-8-12)14(17)18;1-11(2,3)9-10-7-5-4-6-8-10/h1-8H,(H,15,16)(H,17,18);4-8H,9H2,1-3H3/q;+1. The van der Waals surface area contributed by atoms with Crippen molar-refractivity contribution in [2.24, 2.45) is 0 Å². The van der Waals surface area contributed by atoms with Gasteiger partial charge in [0.1, 0.15) is 6.54 Å². The van der Waals surface area contributed by atoms with E-state index >= 15 is 0 Å². The van der Waals surface area contributed by atoms with Gasteiger partial charge in [0, 0.05) is 15.4 Å². The van der Waals surface area contributed by atoms with Crippen molar-refractivity contribution in [1.29, 1.82) is 0 Å². The van der Waals surface area contributed by atoms with E-state index in [1.165, 1.54) is 27.2 Å². The van der Waals surface area contributed by atoms with Gasteiger partial charge in [0.25, 0.3) is 0 Å². The van der Waals surface area contributed by atoms with Crippen LogP contribution in [0.2, 0.25) is 0 Å². The van der Waals surface area contributed by atoms with Crippen LogP contribution in [0.3, 0.4) is 0 Å². The number of nitrogens with zero attached hydrogens (tertiary/aromatic N) is 1. The number of benzene rings is 3. The quantitative estimate of drug-likeness (QED) is 0.347. The largest absolute Gasteiger partial charge is 0.478 e. The molecular weight excluding hydrogens is 430 g/mol. The Labute approximate surface area is 190 Å². The highest BCUT2D eigenvalue weighted by Gasteiger charge is 2.07. The van der Waals surface area contributed by atoms with Gasteiger partial charge < -0.3 is 14.7 Å². The van der Waals surface area contributed by atoms with Crippen molar-refractivity contribution < 1.29 is 24.3 Å². The molecule has 31 heavy (non-hydrogen) atoms. The minimum Gasteiger partial charge on any atom is -0.478 e. The van der Waals surface area contributed by atoms with E-state index in [1.807, 2.05) is 0 Å². The third-order valence-electron chi connectivity index (χ3n) is 3.94. The fraction of sp³-hybridized carbons (Fsp3) is 0.167. The first-order valence-corrected chi connectivity index (χ1v) is 11.6. The lowest BCUT2D eigenvalue weighted by molar-refractivity contribution is -0.884. The van der Waals surface area contributed by atoms with Gasteiger partial charge in [-0.2, -0.15) is 0 Å². The predicted octanol–water partition coefficient (Wildman–Crippen LogP) is 5.78. The van der Waals surface area contributed by atoms with Gasteiger partial charge in [0.2, 0.25) is 0 Å². The van der Waals surface area contributed by atoms with Crippen LogP contribution in [0, 0.1) is 0 Å². The molecule has 0 fully saturated rings. The zero-order valence-corrected chi connectivity index (χ0v) is 19.3.